The predicted octanol–water partition coefficient (Wildman–Crippen LogP) is 0.920. The molecule has 0 amide bonds. The summed E-state index contributed by atoms with van der Waals surface area (Å²) < 4.78 is 30.7. The third kappa shape index (κ3) is 6.21. The second kappa shape index (κ2) is 8.19. The van der Waals surface area contributed by atoms with Gasteiger partial charge in [-0.3, -0.25) is 0 Å². The van der Waals surface area contributed by atoms with Crippen molar-refractivity contribution < 1.29 is 13.2 Å². The van der Waals surface area contributed by atoms with Gasteiger partial charge in [-0.25, -0.2) is 12.7 Å². The number of ether oxygens (including phenoxy) is 1. The van der Waals surface area contributed by atoms with Crippen molar-refractivity contribution in [2.45, 2.75) is 26.7 Å². The highest BCUT2D eigenvalue weighted by molar-refractivity contribution is 7.89. The molecule has 6 heteroatoms. The summed E-state index contributed by atoms with van der Waals surface area (Å²) in [4.78, 5) is 0. The van der Waals surface area contributed by atoms with E-state index in [4.69, 9.17) is 4.74 Å². The van der Waals surface area contributed by atoms with E-state index in [1.54, 1.807) is 4.31 Å². The lowest BCUT2D eigenvalue weighted by Gasteiger charge is -2.32. The van der Waals surface area contributed by atoms with E-state index in [-0.39, 0.29) is 12.4 Å². The Bertz CT molecular complexity index is 344. The van der Waals surface area contributed by atoms with Crippen LogP contribution in [0.1, 0.15) is 26.7 Å². The monoisotopic (exact) mass is 292 g/mol. The van der Waals surface area contributed by atoms with Gasteiger partial charge in [-0.15, -0.1) is 0 Å². The molecule has 0 aromatic carbocycles. The second-order valence-corrected chi connectivity index (χ2v) is 7.82. The first-order valence-electron chi connectivity index (χ1n) is 7.13. The smallest absolute Gasteiger partial charge is 0.216 e. The predicted molar refractivity (Wildman–Crippen MR) is 77.7 cm³/mol. The number of nitrogens with one attached hydrogen (secondary N) is 1. The minimum Gasteiger partial charge on any atom is -0.384 e. The summed E-state index contributed by atoms with van der Waals surface area (Å²) in [6.45, 7) is 7.84. The quantitative estimate of drug-likeness (QED) is 0.723. The number of hydrogen-bond donors (Lipinski definition) is 1. The molecule has 0 radical (unpaired) electrons. The molecule has 0 aromatic heterocycles. The zero-order valence-electron chi connectivity index (χ0n) is 12.4. The van der Waals surface area contributed by atoms with Gasteiger partial charge in [0, 0.05) is 20.2 Å². The van der Waals surface area contributed by atoms with Crippen LogP contribution in [0.2, 0.25) is 0 Å². The van der Waals surface area contributed by atoms with Gasteiger partial charge in [0.2, 0.25) is 10.0 Å². The first-order valence-corrected chi connectivity index (χ1v) is 8.74. The zero-order valence-corrected chi connectivity index (χ0v) is 13.2. The SMILES string of the molecule is COCCS(=O)(=O)N1CCCC(CNCC(C)C)C1. The Morgan fingerprint density at radius 3 is 2.79 bits per heavy atom. The molecule has 0 spiro atoms. The molecule has 19 heavy (non-hydrogen) atoms. The third-order valence-corrected chi connectivity index (χ3v) is 5.21. The maximum atomic E-state index is 12.1. The summed E-state index contributed by atoms with van der Waals surface area (Å²) >= 11 is 0. The molecule has 1 atom stereocenters. The van der Waals surface area contributed by atoms with Crippen molar-refractivity contribution in [1.82, 2.24) is 9.62 Å². The Balaban J connectivity index is 2.41. The highest BCUT2D eigenvalue weighted by atomic mass is 32.2. The Morgan fingerprint density at radius 2 is 2.16 bits per heavy atom. The summed E-state index contributed by atoms with van der Waals surface area (Å²) in [6.07, 6.45) is 2.07. The number of rotatable bonds is 8. The molecular weight excluding hydrogens is 264 g/mol. The van der Waals surface area contributed by atoms with Crippen LogP contribution in [0.4, 0.5) is 0 Å². The van der Waals surface area contributed by atoms with Gasteiger partial charge in [0.1, 0.15) is 0 Å². The third-order valence-electron chi connectivity index (χ3n) is 3.41. The molecule has 114 valence electrons. The van der Waals surface area contributed by atoms with Crippen LogP contribution in [0.15, 0.2) is 0 Å². The van der Waals surface area contributed by atoms with Gasteiger partial charge in [-0.05, 0) is 37.8 Å². The Kier molecular flexibility index (Phi) is 7.28. The number of piperidine rings is 1. The summed E-state index contributed by atoms with van der Waals surface area (Å²) in [5, 5.41) is 3.42. The van der Waals surface area contributed by atoms with Crippen LogP contribution in [0.25, 0.3) is 0 Å². The van der Waals surface area contributed by atoms with Crippen molar-refractivity contribution in [3.05, 3.63) is 0 Å². The van der Waals surface area contributed by atoms with Gasteiger partial charge in [0.15, 0.2) is 0 Å². The minimum absolute atomic E-state index is 0.0929. The summed E-state index contributed by atoms with van der Waals surface area (Å²) in [7, 11) is -1.61. The molecule has 1 fully saturated rings. The normalized spacial score (nSPS) is 22.0. The number of sulfonamides is 1. The van der Waals surface area contributed by atoms with E-state index in [9.17, 15) is 8.42 Å². The Morgan fingerprint density at radius 1 is 1.42 bits per heavy atom. The number of hydrogen-bond acceptors (Lipinski definition) is 4. The van der Waals surface area contributed by atoms with Crippen molar-refractivity contribution in [2.75, 3.05) is 45.6 Å². The lowest BCUT2D eigenvalue weighted by atomic mass is 9.99. The molecule has 1 rings (SSSR count). The van der Waals surface area contributed by atoms with E-state index >= 15 is 0 Å². The number of nitrogens with zero attached hydrogens (tertiary/aromatic N) is 1. The number of methoxy groups -OCH3 is 1. The van der Waals surface area contributed by atoms with E-state index in [1.807, 2.05) is 0 Å². The first-order chi connectivity index (χ1) is 8.95. The molecule has 0 saturated carbocycles. The van der Waals surface area contributed by atoms with Crippen molar-refractivity contribution in [2.24, 2.45) is 11.8 Å². The molecule has 1 heterocycles. The van der Waals surface area contributed by atoms with Crippen LogP contribution in [-0.4, -0.2) is 58.4 Å². The molecule has 1 saturated heterocycles. The fourth-order valence-electron chi connectivity index (χ4n) is 2.34. The van der Waals surface area contributed by atoms with E-state index in [0.717, 1.165) is 25.9 Å². The molecule has 0 bridgehead atoms. The van der Waals surface area contributed by atoms with Crippen LogP contribution < -0.4 is 5.32 Å². The highest BCUT2D eigenvalue weighted by Crippen LogP contribution is 2.19. The molecular formula is C13H28N2O3S. The van der Waals surface area contributed by atoms with Crippen molar-refractivity contribution >= 4 is 10.0 Å². The van der Waals surface area contributed by atoms with E-state index in [2.05, 4.69) is 19.2 Å². The van der Waals surface area contributed by atoms with Gasteiger partial charge >= 0.3 is 0 Å². The zero-order chi connectivity index (χ0) is 14.3. The van der Waals surface area contributed by atoms with Crippen LogP contribution in [0.3, 0.4) is 0 Å². The fourth-order valence-corrected chi connectivity index (χ4v) is 3.82. The van der Waals surface area contributed by atoms with Gasteiger partial charge in [-0.1, -0.05) is 13.8 Å². The largest absolute Gasteiger partial charge is 0.384 e. The second-order valence-electron chi connectivity index (χ2n) is 5.73. The Hall–Kier alpha value is -0.170. The summed E-state index contributed by atoms with van der Waals surface area (Å²) in [5.74, 6) is 1.16. The highest BCUT2D eigenvalue weighted by Gasteiger charge is 2.28. The summed E-state index contributed by atoms with van der Waals surface area (Å²) in [6, 6.07) is 0. The van der Waals surface area contributed by atoms with Gasteiger partial charge in [0.05, 0.1) is 12.4 Å². The first kappa shape index (κ1) is 16.9. The average molecular weight is 292 g/mol. The fraction of sp³-hybridized carbons (Fsp3) is 1.00. The molecule has 1 unspecified atom stereocenters. The van der Waals surface area contributed by atoms with Crippen molar-refractivity contribution in [3.63, 3.8) is 0 Å². The van der Waals surface area contributed by atoms with Gasteiger partial charge < -0.3 is 10.1 Å². The molecule has 1 aliphatic rings. The average Bonchev–Trinajstić information content (AvgIpc) is 2.36. The van der Waals surface area contributed by atoms with E-state index < -0.39 is 10.0 Å². The maximum Gasteiger partial charge on any atom is 0.216 e. The lowest BCUT2D eigenvalue weighted by Crippen LogP contribution is -2.44. The van der Waals surface area contributed by atoms with Crippen LogP contribution >= 0.6 is 0 Å². The summed E-state index contributed by atoms with van der Waals surface area (Å²) in [5.41, 5.74) is 0. The van der Waals surface area contributed by atoms with Gasteiger partial charge in [-0.2, -0.15) is 0 Å². The Labute approximate surface area is 117 Å². The topological polar surface area (TPSA) is 58.6 Å². The molecule has 1 aliphatic heterocycles. The molecule has 0 aromatic rings. The van der Waals surface area contributed by atoms with Crippen molar-refractivity contribution in [1.29, 1.82) is 0 Å². The van der Waals surface area contributed by atoms with Crippen LogP contribution in [-0.2, 0) is 14.8 Å². The van der Waals surface area contributed by atoms with Gasteiger partial charge in [0.25, 0.3) is 0 Å². The molecule has 1 N–H and O–H groups in total. The standard InChI is InChI=1S/C13H28N2O3S/c1-12(2)9-14-10-13-5-4-6-15(11-13)19(16,17)8-7-18-3/h12-14H,4-11H2,1-3H3. The van der Waals surface area contributed by atoms with Crippen LogP contribution in [0.5, 0.6) is 0 Å². The van der Waals surface area contributed by atoms with E-state index in [1.165, 1.54) is 7.11 Å². The lowest BCUT2D eigenvalue weighted by molar-refractivity contribution is 0.212. The maximum absolute atomic E-state index is 12.1. The minimum atomic E-state index is -3.14. The van der Waals surface area contributed by atoms with E-state index in [0.29, 0.717) is 24.9 Å². The van der Waals surface area contributed by atoms with Crippen molar-refractivity contribution in [3.8, 4) is 0 Å². The molecule has 0 aliphatic carbocycles. The molecule has 5 nitrogen and oxygen atoms in total. The van der Waals surface area contributed by atoms with Crippen LogP contribution in [0, 0.1) is 11.8 Å².